The molecule has 10 heteroatoms. The number of aromatic nitrogens is 2. The molecule has 1 aliphatic rings. The largest absolute Gasteiger partial charge is 0.489 e. The average molecular weight is 677 g/mol. The quantitative estimate of drug-likeness (QED) is 0.154. The van der Waals surface area contributed by atoms with E-state index in [-0.39, 0.29) is 36.5 Å². The van der Waals surface area contributed by atoms with Crippen molar-refractivity contribution in [3.8, 4) is 28.3 Å². The molecule has 0 unspecified atom stereocenters. The Morgan fingerprint density at radius 3 is 2.38 bits per heavy atom. The van der Waals surface area contributed by atoms with Crippen LogP contribution < -0.4 is 10.1 Å². The van der Waals surface area contributed by atoms with Crippen LogP contribution in [0, 0.1) is 5.82 Å². The number of fused-ring (bicyclic) bond motifs is 1. The number of nitrogens with zero attached hydrogens (tertiary/aromatic N) is 2. The van der Waals surface area contributed by atoms with Gasteiger partial charge in [-0.25, -0.2) is 14.2 Å². The SMILES string of the molecule is CCCNC(=O)c1ccc(-c2ccc(Cl)cc2)c(COc2ccc(-c3nc4cc(C(=O)O)ccc4n3C3CCCCC3)c(F)c2)c1.Cl. The Labute approximate surface area is 284 Å². The van der Waals surface area contributed by atoms with Gasteiger partial charge in [-0.15, -0.1) is 12.4 Å². The highest BCUT2D eigenvalue weighted by Gasteiger charge is 2.25. The summed E-state index contributed by atoms with van der Waals surface area (Å²) in [5.74, 6) is -0.886. The predicted octanol–water partition coefficient (Wildman–Crippen LogP) is 9.51. The molecule has 0 saturated heterocycles. The van der Waals surface area contributed by atoms with Gasteiger partial charge in [0.05, 0.1) is 22.2 Å². The highest BCUT2D eigenvalue weighted by atomic mass is 35.5. The number of nitrogens with one attached hydrogen (secondary N) is 1. The molecule has 6 rings (SSSR count). The molecule has 1 fully saturated rings. The Hall–Kier alpha value is -4.40. The minimum absolute atomic E-state index is 0. The van der Waals surface area contributed by atoms with Crippen LogP contribution in [0.1, 0.15) is 77.8 Å². The standard InChI is InChI=1S/C37H35ClFN3O4.ClH/c1-2-18-40-36(43)24-10-15-30(23-8-12-27(38)13-9-23)26(19-24)22-46-29-14-16-31(32(39)21-29)35-41-33-20-25(37(44)45)11-17-34(33)42(35)28-6-4-3-5-7-28;/h8-17,19-21,28H,2-7,18,22H2,1H3,(H,40,43)(H,44,45);1H. The summed E-state index contributed by atoms with van der Waals surface area (Å²) in [4.78, 5) is 29.1. The van der Waals surface area contributed by atoms with E-state index in [0.717, 1.165) is 60.7 Å². The first-order valence-corrected chi connectivity index (χ1v) is 16.0. The lowest BCUT2D eigenvalue weighted by Gasteiger charge is -2.25. The van der Waals surface area contributed by atoms with E-state index in [4.69, 9.17) is 21.3 Å². The summed E-state index contributed by atoms with van der Waals surface area (Å²) in [7, 11) is 0. The lowest BCUT2D eigenvalue weighted by atomic mass is 9.94. The van der Waals surface area contributed by atoms with Crippen molar-refractivity contribution in [3.63, 3.8) is 0 Å². The molecule has 1 aliphatic carbocycles. The second-order valence-electron chi connectivity index (χ2n) is 11.7. The molecule has 7 nitrogen and oxygen atoms in total. The molecule has 244 valence electrons. The Balaban J connectivity index is 0.00000433. The normalized spacial score (nSPS) is 13.3. The zero-order valence-electron chi connectivity index (χ0n) is 26.0. The molecular weight excluding hydrogens is 640 g/mol. The maximum Gasteiger partial charge on any atom is 0.335 e. The van der Waals surface area contributed by atoms with Gasteiger partial charge in [0, 0.05) is 29.2 Å². The van der Waals surface area contributed by atoms with Crippen molar-refractivity contribution in [2.45, 2.75) is 58.1 Å². The molecule has 0 atom stereocenters. The molecule has 1 saturated carbocycles. The van der Waals surface area contributed by atoms with E-state index in [1.54, 1.807) is 54.6 Å². The second kappa shape index (κ2) is 15.0. The van der Waals surface area contributed by atoms with Crippen molar-refractivity contribution in [1.29, 1.82) is 0 Å². The zero-order valence-corrected chi connectivity index (χ0v) is 27.5. The zero-order chi connectivity index (χ0) is 32.2. The smallest absolute Gasteiger partial charge is 0.335 e. The minimum atomic E-state index is -1.03. The molecule has 0 spiro atoms. The third-order valence-corrected chi connectivity index (χ3v) is 8.76. The summed E-state index contributed by atoms with van der Waals surface area (Å²) in [6.45, 7) is 2.67. The van der Waals surface area contributed by atoms with Crippen LogP contribution in [-0.4, -0.2) is 33.1 Å². The third-order valence-electron chi connectivity index (χ3n) is 8.51. The number of rotatable bonds is 10. The highest BCUT2D eigenvalue weighted by molar-refractivity contribution is 6.30. The van der Waals surface area contributed by atoms with Crippen LogP contribution in [-0.2, 0) is 6.61 Å². The topological polar surface area (TPSA) is 93.4 Å². The second-order valence-corrected chi connectivity index (χ2v) is 12.1. The molecule has 1 amide bonds. The van der Waals surface area contributed by atoms with Gasteiger partial charge in [0.15, 0.2) is 0 Å². The van der Waals surface area contributed by atoms with Crippen LogP contribution in [0.5, 0.6) is 5.75 Å². The van der Waals surface area contributed by atoms with E-state index in [0.29, 0.717) is 39.8 Å². The highest BCUT2D eigenvalue weighted by Crippen LogP contribution is 2.38. The van der Waals surface area contributed by atoms with Gasteiger partial charge >= 0.3 is 5.97 Å². The molecule has 47 heavy (non-hydrogen) atoms. The number of benzene rings is 4. The first-order valence-electron chi connectivity index (χ1n) is 15.7. The number of carbonyl (C=O) groups excluding carboxylic acids is 1. The van der Waals surface area contributed by atoms with Crippen molar-refractivity contribution in [1.82, 2.24) is 14.9 Å². The molecule has 4 aromatic carbocycles. The van der Waals surface area contributed by atoms with Crippen molar-refractivity contribution in [3.05, 3.63) is 106 Å². The van der Waals surface area contributed by atoms with Crippen LogP contribution in [0.15, 0.2) is 78.9 Å². The van der Waals surface area contributed by atoms with Gasteiger partial charge in [0.1, 0.15) is 24.0 Å². The van der Waals surface area contributed by atoms with Gasteiger partial charge in [0.25, 0.3) is 5.91 Å². The lowest BCUT2D eigenvalue weighted by molar-refractivity contribution is 0.0696. The number of imidazole rings is 1. The van der Waals surface area contributed by atoms with Crippen molar-refractivity contribution >= 4 is 46.9 Å². The van der Waals surface area contributed by atoms with Gasteiger partial charge in [0.2, 0.25) is 0 Å². The number of hydrogen-bond acceptors (Lipinski definition) is 4. The fourth-order valence-electron chi connectivity index (χ4n) is 6.16. The molecule has 2 N–H and O–H groups in total. The van der Waals surface area contributed by atoms with Crippen LogP contribution in [0.3, 0.4) is 0 Å². The monoisotopic (exact) mass is 675 g/mol. The molecule has 1 heterocycles. The summed E-state index contributed by atoms with van der Waals surface area (Å²) in [6, 6.07) is 22.7. The molecular formula is C37H36Cl2FN3O4. The summed E-state index contributed by atoms with van der Waals surface area (Å²) >= 11 is 6.12. The van der Waals surface area contributed by atoms with Crippen LogP contribution >= 0.6 is 24.0 Å². The first-order chi connectivity index (χ1) is 22.3. The van der Waals surface area contributed by atoms with E-state index in [1.165, 1.54) is 6.07 Å². The number of aromatic carboxylic acids is 1. The van der Waals surface area contributed by atoms with Crippen LogP contribution in [0.25, 0.3) is 33.5 Å². The Morgan fingerprint density at radius 2 is 1.68 bits per heavy atom. The number of halogens is 3. The van der Waals surface area contributed by atoms with Crippen LogP contribution in [0.4, 0.5) is 4.39 Å². The summed E-state index contributed by atoms with van der Waals surface area (Å²) < 4.78 is 24.1. The summed E-state index contributed by atoms with van der Waals surface area (Å²) in [6.07, 6.45) is 6.04. The van der Waals surface area contributed by atoms with Crippen molar-refractivity contribution < 1.29 is 23.8 Å². The van der Waals surface area contributed by atoms with E-state index in [1.807, 2.05) is 25.1 Å². The fraction of sp³-hybridized carbons (Fsp3) is 0.270. The van der Waals surface area contributed by atoms with E-state index in [2.05, 4.69) is 9.88 Å². The summed E-state index contributed by atoms with van der Waals surface area (Å²) in [5, 5.41) is 13.1. The molecule has 0 radical (unpaired) electrons. The number of carboxylic acid groups (broad SMARTS) is 1. The van der Waals surface area contributed by atoms with Gasteiger partial charge < -0.3 is 19.7 Å². The van der Waals surface area contributed by atoms with E-state index >= 15 is 4.39 Å². The molecule has 1 aromatic heterocycles. The molecule has 0 bridgehead atoms. The Bertz CT molecular complexity index is 1900. The lowest BCUT2D eigenvalue weighted by Crippen LogP contribution is -2.24. The van der Waals surface area contributed by atoms with Gasteiger partial charge in [-0.2, -0.15) is 0 Å². The first kappa shape index (κ1) is 33.9. The maximum atomic E-state index is 15.9. The van der Waals surface area contributed by atoms with Crippen molar-refractivity contribution in [2.24, 2.45) is 0 Å². The number of amides is 1. The predicted molar refractivity (Wildman–Crippen MR) is 185 cm³/mol. The Kier molecular flexibility index (Phi) is 10.8. The third kappa shape index (κ3) is 7.45. The Morgan fingerprint density at radius 1 is 0.957 bits per heavy atom. The van der Waals surface area contributed by atoms with Gasteiger partial charge in [-0.3, -0.25) is 4.79 Å². The fourth-order valence-corrected chi connectivity index (χ4v) is 6.29. The van der Waals surface area contributed by atoms with Crippen LogP contribution in [0.2, 0.25) is 5.02 Å². The molecule has 5 aromatic rings. The number of carboxylic acids is 1. The number of hydrogen-bond donors (Lipinski definition) is 2. The maximum absolute atomic E-state index is 15.9. The number of carbonyl (C=O) groups is 2. The van der Waals surface area contributed by atoms with Gasteiger partial charge in [-0.1, -0.05) is 56.0 Å². The van der Waals surface area contributed by atoms with E-state index in [9.17, 15) is 14.7 Å². The summed E-state index contributed by atoms with van der Waals surface area (Å²) in [5.41, 5.74) is 4.86. The molecule has 0 aliphatic heterocycles. The van der Waals surface area contributed by atoms with E-state index < -0.39 is 11.8 Å². The minimum Gasteiger partial charge on any atom is -0.489 e. The van der Waals surface area contributed by atoms with Crippen molar-refractivity contribution in [2.75, 3.05) is 6.54 Å². The van der Waals surface area contributed by atoms with Gasteiger partial charge in [-0.05, 0) is 90.6 Å². The number of ether oxygens (including phenoxy) is 1. The average Bonchev–Trinajstić information content (AvgIpc) is 3.45.